The zero-order chi connectivity index (χ0) is 16.8. The zero-order valence-corrected chi connectivity index (χ0v) is 14.4. The second-order valence-electron chi connectivity index (χ2n) is 6.23. The highest BCUT2D eigenvalue weighted by atomic mass is 16.2. The fourth-order valence-corrected chi connectivity index (χ4v) is 2.96. The van der Waals surface area contributed by atoms with E-state index in [9.17, 15) is 9.59 Å². The number of hydrogen-bond acceptors (Lipinski definition) is 4. The van der Waals surface area contributed by atoms with Crippen LogP contribution in [-0.4, -0.2) is 51.1 Å². The minimum Gasteiger partial charge on any atom is -0.343 e. The number of anilines is 1. The maximum absolute atomic E-state index is 12.5. The first-order chi connectivity index (χ1) is 11.1. The summed E-state index contributed by atoms with van der Waals surface area (Å²) in [7, 11) is 0. The largest absolute Gasteiger partial charge is 0.343 e. The van der Waals surface area contributed by atoms with Crippen molar-refractivity contribution in [2.24, 2.45) is 5.92 Å². The molecule has 1 aromatic heterocycles. The standard InChI is InChI=1S/C16H27N5O2/c1-4-8-19(9-5-2)14(22)6-7-15(23)20-10-13(3)11-21-16(20)17-12-18-21/h12-13H,4-11H2,1-3H3. The molecule has 1 atom stereocenters. The van der Waals surface area contributed by atoms with Crippen molar-refractivity contribution in [3.8, 4) is 0 Å². The van der Waals surface area contributed by atoms with Gasteiger partial charge in [0.15, 0.2) is 0 Å². The third-order valence-electron chi connectivity index (χ3n) is 4.01. The average Bonchev–Trinajstić information content (AvgIpc) is 2.99. The lowest BCUT2D eigenvalue weighted by Gasteiger charge is -2.30. The van der Waals surface area contributed by atoms with Gasteiger partial charge < -0.3 is 4.90 Å². The number of aromatic nitrogens is 3. The van der Waals surface area contributed by atoms with Crippen LogP contribution in [-0.2, 0) is 16.1 Å². The van der Waals surface area contributed by atoms with Gasteiger partial charge in [-0.15, -0.1) is 0 Å². The molecule has 0 bridgehead atoms. The molecule has 0 aliphatic carbocycles. The van der Waals surface area contributed by atoms with Gasteiger partial charge in [0.2, 0.25) is 17.8 Å². The molecule has 0 N–H and O–H groups in total. The number of nitrogens with zero attached hydrogens (tertiary/aromatic N) is 5. The fraction of sp³-hybridized carbons (Fsp3) is 0.750. The Morgan fingerprint density at radius 1 is 1.22 bits per heavy atom. The van der Waals surface area contributed by atoms with Crippen LogP contribution < -0.4 is 4.90 Å². The van der Waals surface area contributed by atoms with Gasteiger partial charge in [-0.3, -0.25) is 14.5 Å². The SMILES string of the molecule is CCCN(CCC)C(=O)CCC(=O)N1CC(C)Cn2ncnc21. The predicted octanol–water partition coefficient (Wildman–Crippen LogP) is 1.69. The third-order valence-corrected chi connectivity index (χ3v) is 4.01. The van der Waals surface area contributed by atoms with Crippen LogP contribution >= 0.6 is 0 Å². The molecule has 7 nitrogen and oxygen atoms in total. The van der Waals surface area contributed by atoms with E-state index in [4.69, 9.17) is 0 Å². The van der Waals surface area contributed by atoms with Gasteiger partial charge in [0.05, 0.1) is 0 Å². The Kier molecular flexibility index (Phi) is 6.12. The number of rotatable bonds is 7. The van der Waals surface area contributed by atoms with E-state index in [1.165, 1.54) is 6.33 Å². The first kappa shape index (κ1) is 17.4. The topological polar surface area (TPSA) is 71.3 Å². The highest BCUT2D eigenvalue weighted by Crippen LogP contribution is 2.21. The van der Waals surface area contributed by atoms with Crippen molar-refractivity contribution < 1.29 is 9.59 Å². The minimum absolute atomic E-state index is 0.0490. The lowest BCUT2D eigenvalue weighted by molar-refractivity contribution is -0.133. The molecule has 0 saturated carbocycles. The van der Waals surface area contributed by atoms with Crippen molar-refractivity contribution in [3.63, 3.8) is 0 Å². The second-order valence-corrected chi connectivity index (χ2v) is 6.23. The summed E-state index contributed by atoms with van der Waals surface area (Å²) in [4.78, 5) is 32.5. The maximum atomic E-state index is 12.5. The van der Waals surface area contributed by atoms with Gasteiger partial charge in [0, 0.05) is 39.0 Å². The number of carbonyl (C=O) groups is 2. The molecule has 0 radical (unpaired) electrons. The highest BCUT2D eigenvalue weighted by molar-refractivity contribution is 5.94. The van der Waals surface area contributed by atoms with E-state index in [1.54, 1.807) is 9.58 Å². The van der Waals surface area contributed by atoms with E-state index < -0.39 is 0 Å². The van der Waals surface area contributed by atoms with Gasteiger partial charge in [0.1, 0.15) is 6.33 Å². The van der Waals surface area contributed by atoms with Gasteiger partial charge >= 0.3 is 0 Å². The van der Waals surface area contributed by atoms with Crippen molar-refractivity contribution in [2.75, 3.05) is 24.5 Å². The average molecular weight is 321 g/mol. The summed E-state index contributed by atoms with van der Waals surface area (Å²) in [5.41, 5.74) is 0. The van der Waals surface area contributed by atoms with Crippen molar-refractivity contribution in [2.45, 2.75) is 53.0 Å². The Morgan fingerprint density at radius 3 is 2.57 bits per heavy atom. The molecule has 0 saturated heterocycles. The lowest BCUT2D eigenvalue weighted by atomic mass is 10.1. The van der Waals surface area contributed by atoms with Crippen molar-refractivity contribution in [3.05, 3.63) is 6.33 Å². The molecule has 2 rings (SSSR count). The smallest absolute Gasteiger partial charge is 0.230 e. The van der Waals surface area contributed by atoms with Crippen LogP contribution in [0.1, 0.15) is 46.5 Å². The second kappa shape index (κ2) is 8.08. The Bertz CT molecular complexity index is 536. The van der Waals surface area contributed by atoms with E-state index in [0.717, 1.165) is 32.5 Å². The summed E-state index contributed by atoms with van der Waals surface area (Å²) in [6.45, 7) is 9.14. The van der Waals surface area contributed by atoms with Crippen LogP contribution in [0.3, 0.4) is 0 Å². The van der Waals surface area contributed by atoms with E-state index in [1.807, 2.05) is 4.90 Å². The van der Waals surface area contributed by atoms with Crippen LogP contribution in [0.4, 0.5) is 5.95 Å². The molecule has 1 aliphatic heterocycles. The molecule has 7 heteroatoms. The maximum Gasteiger partial charge on any atom is 0.230 e. The first-order valence-electron chi connectivity index (χ1n) is 8.52. The molecule has 2 amide bonds. The molecular formula is C16H27N5O2. The first-order valence-corrected chi connectivity index (χ1v) is 8.52. The fourth-order valence-electron chi connectivity index (χ4n) is 2.96. The van der Waals surface area contributed by atoms with E-state index in [-0.39, 0.29) is 24.7 Å². The molecule has 0 fully saturated rings. The molecule has 1 aliphatic rings. The Hall–Kier alpha value is -1.92. The van der Waals surface area contributed by atoms with Crippen molar-refractivity contribution in [1.29, 1.82) is 0 Å². The lowest BCUT2D eigenvalue weighted by Crippen LogP contribution is -2.42. The summed E-state index contributed by atoms with van der Waals surface area (Å²) >= 11 is 0. The highest BCUT2D eigenvalue weighted by Gasteiger charge is 2.28. The van der Waals surface area contributed by atoms with Crippen LogP contribution in [0, 0.1) is 5.92 Å². The molecule has 0 spiro atoms. The van der Waals surface area contributed by atoms with Gasteiger partial charge in [-0.05, 0) is 18.8 Å². The monoisotopic (exact) mass is 321 g/mol. The number of hydrogen-bond donors (Lipinski definition) is 0. The van der Waals surface area contributed by atoms with Crippen molar-refractivity contribution >= 4 is 17.8 Å². The van der Waals surface area contributed by atoms with E-state index in [0.29, 0.717) is 18.4 Å². The molecule has 1 unspecified atom stereocenters. The van der Waals surface area contributed by atoms with E-state index >= 15 is 0 Å². The normalized spacial score (nSPS) is 17.0. The third kappa shape index (κ3) is 4.30. The number of amides is 2. The summed E-state index contributed by atoms with van der Waals surface area (Å²) in [5.74, 6) is 0.945. The molecule has 0 aromatic carbocycles. The quantitative estimate of drug-likeness (QED) is 0.766. The summed E-state index contributed by atoms with van der Waals surface area (Å²) in [6.07, 6.45) is 3.84. The zero-order valence-electron chi connectivity index (χ0n) is 14.4. The van der Waals surface area contributed by atoms with Crippen LogP contribution in [0.2, 0.25) is 0 Å². The Labute approximate surface area is 137 Å². The number of carbonyl (C=O) groups excluding carboxylic acids is 2. The van der Waals surface area contributed by atoms with Gasteiger partial charge in [-0.2, -0.15) is 10.1 Å². The Morgan fingerprint density at radius 2 is 1.91 bits per heavy atom. The molecule has 23 heavy (non-hydrogen) atoms. The molecule has 1 aromatic rings. The molecule has 128 valence electrons. The van der Waals surface area contributed by atoms with Gasteiger partial charge in [-0.1, -0.05) is 20.8 Å². The summed E-state index contributed by atoms with van der Waals surface area (Å²) in [5, 5.41) is 4.15. The summed E-state index contributed by atoms with van der Waals surface area (Å²) < 4.78 is 1.76. The summed E-state index contributed by atoms with van der Waals surface area (Å²) in [6, 6.07) is 0. The van der Waals surface area contributed by atoms with Crippen LogP contribution in [0.15, 0.2) is 6.33 Å². The van der Waals surface area contributed by atoms with Gasteiger partial charge in [-0.25, -0.2) is 4.68 Å². The molecule has 2 heterocycles. The van der Waals surface area contributed by atoms with E-state index in [2.05, 4.69) is 30.9 Å². The predicted molar refractivity (Wildman–Crippen MR) is 87.9 cm³/mol. The Balaban J connectivity index is 1.93. The molecular weight excluding hydrogens is 294 g/mol. The van der Waals surface area contributed by atoms with Crippen LogP contribution in [0.5, 0.6) is 0 Å². The minimum atomic E-state index is -0.0490. The van der Waals surface area contributed by atoms with Crippen LogP contribution in [0.25, 0.3) is 0 Å². The number of fused-ring (bicyclic) bond motifs is 1. The van der Waals surface area contributed by atoms with Gasteiger partial charge in [0.25, 0.3) is 0 Å². The van der Waals surface area contributed by atoms with Crippen molar-refractivity contribution in [1.82, 2.24) is 19.7 Å².